The molecule has 0 fully saturated rings. The van der Waals surface area contributed by atoms with Crippen LogP contribution in [-0.4, -0.2) is 40.9 Å². The second kappa shape index (κ2) is 11.5. The highest BCUT2D eigenvalue weighted by Crippen LogP contribution is 2.24. The second-order valence-electron chi connectivity index (χ2n) is 5.17. The summed E-state index contributed by atoms with van der Waals surface area (Å²) in [6.45, 7) is 4.27. The van der Waals surface area contributed by atoms with Gasteiger partial charge < -0.3 is 15.2 Å². The SMILES string of the molecule is CCc1nncn1CCNC(=NC)NCCc1c(Cl)cccc1Cl.I. The van der Waals surface area contributed by atoms with Gasteiger partial charge in [0.05, 0.1) is 0 Å². The Morgan fingerprint density at radius 3 is 2.52 bits per heavy atom. The molecule has 2 rings (SSSR count). The van der Waals surface area contributed by atoms with Gasteiger partial charge in [-0.15, -0.1) is 34.2 Å². The lowest BCUT2D eigenvalue weighted by molar-refractivity contribution is 0.632. The van der Waals surface area contributed by atoms with Crippen molar-refractivity contribution in [3.8, 4) is 0 Å². The van der Waals surface area contributed by atoms with E-state index in [1.165, 1.54) is 0 Å². The molecule has 0 unspecified atom stereocenters. The minimum Gasteiger partial charge on any atom is -0.356 e. The summed E-state index contributed by atoms with van der Waals surface area (Å²) in [7, 11) is 1.74. The van der Waals surface area contributed by atoms with Crippen molar-refractivity contribution >= 4 is 53.1 Å². The Kier molecular flexibility index (Phi) is 10.1. The smallest absolute Gasteiger partial charge is 0.191 e. The zero-order valence-electron chi connectivity index (χ0n) is 14.3. The van der Waals surface area contributed by atoms with Crippen LogP contribution in [0.3, 0.4) is 0 Å². The van der Waals surface area contributed by atoms with E-state index in [-0.39, 0.29) is 24.0 Å². The average Bonchev–Trinajstić information content (AvgIpc) is 3.03. The van der Waals surface area contributed by atoms with Crippen molar-refractivity contribution < 1.29 is 0 Å². The highest BCUT2D eigenvalue weighted by molar-refractivity contribution is 14.0. The summed E-state index contributed by atoms with van der Waals surface area (Å²) < 4.78 is 2.03. The molecule has 1 aromatic carbocycles. The van der Waals surface area contributed by atoms with Crippen molar-refractivity contribution in [2.75, 3.05) is 20.1 Å². The van der Waals surface area contributed by atoms with Gasteiger partial charge in [0.25, 0.3) is 0 Å². The summed E-state index contributed by atoms with van der Waals surface area (Å²) in [6.07, 6.45) is 3.34. The van der Waals surface area contributed by atoms with Crippen LogP contribution in [0.4, 0.5) is 0 Å². The van der Waals surface area contributed by atoms with Gasteiger partial charge in [-0.1, -0.05) is 36.2 Å². The summed E-state index contributed by atoms with van der Waals surface area (Å²) in [4.78, 5) is 4.21. The van der Waals surface area contributed by atoms with Crippen LogP contribution in [0.2, 0.25) is 10.0 Å². The number of hydrogen-bond acceptors (Lipinski definition) is 3. The van der Waals surface area contributed by atoms with Gasteiger partial charge in [-0.05, 0) is 24.1 Å². The third-order valence-corrected chi connectivity index (χ3v) is 4.32. The summed E-state index contributed by atoms with van der Waals surface area (Å²) in [6, 6.07) is 5.54. The molecule has 0 radical (unpaired) electrons. The monoisotopic (exact) mass is 496 g/mol. The normalized spacial score (nSPS) is 11.1. The van der Waals surface area contributed by atoms with E-state index < -0.39 is 0 Å². The molecule has 2 aromatic rings. The molecule has 25 heavy (non-hydrogen) atoms. The number of benzene rings is 1. The molecule has 6 nitrogen and oxygen atoms in total. The number of aromatic nitrogens is 3. The number of halogens is 3. The third kappa shape index (κ3) is 6.63. The number of nitrogens with one attached hydrogen (secondary N) is 2. The first-order valence-electron chi connectivity index (χ1n) is 7.89. The Morgan fingerprint density at radius 2 is 1.88 bits per heavy atom. The molecule has 0 amide bonds. The van der Waals surface area contributed by atoms with Crippen LogP contribution in [0.5, 0.6) is 0 Å². The van der Waals surface area contributed by atoms with Crippen molar-refractivity contribution in [3.05, 3.63) is 46.0 Å². The van der Waals surface area contributed by atoms with Crippen LogP contribution in [0.25, 0.3) is 0 Å². The van der Waals surface area contributed by atoms with E-state index >= 15 is 0 Å². The molecule has 0 atom stereocenters. The fourth-order valence-electron chi connectivity index (χ4n) is 2.33. The predicted molar refractivity (Wildman–Crippen MR) is 114 cm³/mol. The molecule has 0 aliphatic heterocycles. The first-order chi connectivity index (χ1) is 11.7. The van der Waals surface area contributed by atoms with Gasteiger partial charge in [-0.25, -0.2) is 0 Å². The average molecular weight is 497 g/mol. The van der Waals surface area contributed by atoms with E-state index in [9.17, 15) is 0 Å². The molecule has 0 spiro atoms. The Balaban J connectivity index is 0.00000312. The molecule has 138 valence electrons. The van der Waals surface area contributed by atoms with Crippen LogP contribution < -0.4 is 10.6 Å². The predicted octanol–water partition coefficient (Wildman–Crippen LogP) is 3.17. The molecule has 2 N–H and O–H groups in total. The fraction of sp³-hybridized carbons (Fsp3) is 0.438. The molecular weight excluding hydrogens is 474 g/mol. The van der Waals surface area contributed by atoms with E-state index in [4.69, 9.17) is 23.2 Å². The third-order valence-electron chi connectivity index (χ3n) is 3.61. The fourth-order valence-corrected chi connectivity index (χ4v) is 2.92. The van der Waals surface area contributed by atoms with E-state index in [0.717, 1.165) is 43.3 Å². The molecule has 0 aliphatic rings. The quantitative estimate of drug-likeness (QED) is 0.351. The Morgan fingerprint density at radius 1 is 1.20 bits per heavy atom. The lowest BCUT2D eigenvalue weighted by Crippen LogP contribution is -2.39. The molecule has 1 heterocycles. The van der Waals surface area contributed by atoms with Crippen molar-refractivity contribution in [1.29, 1.82) is 0 Å². The molecule has 0 bridgehead atoms. The zero-order valence-corrected chi connectivity index (χ0v) is 18.1. The largest absolute Gasteiger partial charge is 0.356 e. The minimum atomic E-state index is 0. The minimum absolute atomic E-state index is 0. The first kappa shape index (κ1) is 22.0. The first-order valence-corrected chi connectivity index (χ1v) is 8.65. The number of nitrogens with zero attached hydrogens (tertiary/aromatic N) is 4. The summed E-state index contributed by atoms with van der Waals surface area (Å²) in [5, 5.41) is 15.9. The van der Waals surface area contributed by atoms with Crippen molar-refractivity contribution in [2.24, 2.45) is 4.99 Å². The van der Waals surface area contributed by atoms with E-state index in [0.29, 0.717) is 16.6 Å². The summed E-state index contributed by atoms with van der Waals surface area (Å²) >= 11 is 12.4. The maximum Gasteiger partial charge on any atom is 0.191 e. The van der Waals surface area contributed by atoms with Gasteiger partial charge >= 0.3 is 0 Å². The van der Waals surface area contributed by atoms with Crippen molar-refractivity contribution in [1.82, 2.24) is 25.4 Å². The highest BCUT2D eigenvalue weighted by atomic mass is 127. The lowest BCUT2D eigenvalue weighted by Gasteiger charge is -2.13. The molecule has 0 aliphatic carbocycles. The van der Waals surface area contributed by atoms with Crippen LogP contribution >= 0.6 is 47.2 Å². The van der Waals surface area contributed by atoms with Crippen LogP contribution in [0, 0.1) is 0 Å². The van der Waals surface area contributed by atoms with E-state index in [1.807, 2.05) is 22.8 Å². The number of aryl methyl sites for hydroxylation is 1. The van der Waals surface area contributed by atoms with Crippen LogP contribution in [0.1, 0.15) is 18.3 Å². The topological polar surface area (TPSA) is 67.1 Å². The Hall–Kier alpha value is -1.06. The number of aliphatic imine (C=N–C) groups is 1. The Labute approximate surface area is 175 Å². The molecule has 0 saturated carbocycles. The summed E-state index contributed by atoms with van der Waals surface area (Å²) in [5.74, 6) is 1.72. The molecule has 1 aromatic heterocycles. The van der Waals surface area contributed by atoms with E-state index in [1.54, 1.807) is 13.4 Å². The summed E-state index contributed by atoms with van der Waals surface area (Å²) in [5.41, 5.74) is 0.945. The molecule has 0 saturated heterocycles. The van der Waals surface area contributed by atoms with Gasteiger partial charge in [0.1, 0.15) is 12.2 Å². The number of hydrogen-bond donors (Lipinski definition) is 2. The van der Waals surface area contributed by atoms with Gasteiger partial charge in [-0.3, -0.25) is 4.99 Å². The maximum absolute atomic E-state index is 6.18. The number of guanidine groups is 1. The van der Waals surface area contributed by atoms with Gasteiger partial charge in [0.15, 0.2) is 5.96 Å². The van der Waals surface area contributed by atoms with Gasteiger partial charge in [-0.2, -0.15) is 0 Å². The molecular formula is C16H23Cl2IN6. The highest BCUT2D eigenvalue weighted by Gasteiger charge is 2.06. The van der Waals surface area contributed by atoms with Crippen LogP contribution in [-0.2, 0) is 19.4 Å². The van der Waals surface area contributed by atoms with Gasteiger partial charge in [0, 0.05) is 43.1 Å². The van der Waals surface area contributed by atoms with Crippen LogP contribution in [0.15, 0.2) is 29.5 Å². The van der Waals surface area contributed by atoms with E-state index in [2.05, 4.69) is 32.7 Å². The zero-order chi connectivity index (χ0) is 17.4. The van der Waals surface area contributed by atoms with Crippen molar-refractivity contribution in [3.63, 3.8) is 0 Å². The van der Waals surface area contributed by atoms with Crippen molar-refractivity contribution in [2.45, 2.75) is 26.3 Å². The number of rotatable bonds is 7. The Bertz CT molecular complexity index is 669. The second-order valence-corrected chi connectivity index (χ2v) is 5.98. The van der Waals surface area contributed by atoms with Gasteiger partial charge in [0.2, 0.25) is 0 Å². The maximum atomic E-state index is 6.18. The standard InChI is InChI=1S/C16H22Cl2N6.HI/c1-3-15-23-22-11-24(15)10-9-21-16(19-2)20-8-7-12-13(17)5-4-6-14(12)18;/h4-6,11H,3,7-10H2,1-2H3,(H2,19,20,21);1H. The molecule has 9 heteroatoms. The lowest BCUT2D eigenvalue weighted by atomic mass is 10.1.